The maximum absolute atomic E-state index is 11.0. The molecule has 4 heteroatoms. The molecule has 4 nitrogen and oxygen atoms in total. The molecular formula is C18H22O4. The molecular weight excluding hydrogens is 280 g/mol. The molecule has 0 amide bonds. The lowest BCUT2D eigenvalue weighted by Gasteiger charge is -2.39. The van der Waals surface area contributed by atoms with Crippen LogP contribution in [-0.4, -0.2) is 24.4 Å². The van der Waals surface area contributed by atoms with E-state index in [1.807, 2.05) is 0 Å². The lowest BCUT2D eigenvalue weighted by Crippen LogP contribution is -2.45. The summed E-state index contributed by atoms with van der Waals surface area (Å²) >= 11 is 0. The topological polar surface area (TPSA) is 58.9 Å². The van der Waals surface area contributed by atoms with Gasteiger partial charge in [-0.25, -0.2) is 0 Å². The molecule has 2 N–H and O–H groups in total. The van der Waals surface area contributed by atoms with Crippen LogP contribution in [-0.2, 0) is 11.2 Å². The first-order chi connectivity index (χ1) is 10.3. The fraction of sp³-hybridized carbons (Fsp3) is 0.333. The van der Waals surface area contributed by atoms with E-state index < -0.39 is 11.2 Å². The molecule has 0 unspecified atom stereocenters. The van der Waals surface area contributed by atoms with E-state index in [1.54, 1.807) is 76.6 Å². The highest BCUT2D eigenvalue weighted by Crippen LogP contribution is 2.41. The minimum atomic E-state index is -1.51. The summed E-state index contributed by atoms with van der Waals surface area (Å²) in [5, 5.41) is 22.0. The van der Waals surface area contributed by atoms with Crippen LogP contribution >= 0.6 is 0 Å². The molecule has 0 bridgehead atoms. The van der Waals surface area contributed by atoms with Crippen LogP contribution in [0.4, 0.5) is 0 Å². The number of hydrogen-bond acceptors (Lipinski definition) is 4. The molecule has 2 atom stereocenters. The molecule has 0 aliphatic heterocycles. The third-order valence-electron chi connectivity index (χ3n) is 4.21. The van der Waals surface area contributed by atoms with E-state index in [0.29, 0.717) is 22.6 Å². The van der Waals surface area contributed by atoms with Crippen molar-refractivity contribution < 1.29 is 19.7 Å². The Morgan fingerprint density at radius 3 is 1.41 bits per heavy atom. The highest BCUT2D eigenvalue weighted by molar-refractivity contribution is 5.39. The van der Waals surface area contributed by atoms with Gasteiger partial charge in [0.15, 0.2) is 0 Å². The molecule has 2 aromatic rings. The molecule has 0 heterocycles. The Labute approximate surface area is 130 Å². The number of methoxy groups -OCH3 is 2. The zero-order valence-corrected chi connectivity index (χ0v) is 13.3. The summed E-state index contributed by atoms with van der Waals surface area (Å²) in [7, 11) is 3.13. The van der Waals surface area contributed by atoms with Crippen molar-refractivity contribution in [3.8, 4) is 11.5 Å². The Kier molecular flexibility index (Phi) is 4.44. The molecule has 0 fully saturated rings. The van der Waals surface area contributed by atoms with E-state index in [9.17, 15) is 10.2 Å². The van der Waals surface area contributed by atoms with Crippen LogP contribution in [0.1, 0.15) is 25.0 Å². The molecule has 2 rings (SSSR count). The summed E-state index contributed by atoms with van der Waals surface area (Å²) in [4.78, 5) is 0. The first kappa shape index (κ1) is 16.3. The predicted octanol–water partition coefficient (Wildman–Crippen LogP) is 2.82. The minimum absolute atomic E-state index is 0.569. The first-order valence-corrected chi connectivity index (χ1v) is 7.06. The van der Waals surface area contributed by atoms with Gasteiger partial charge < -0.3 is 19.7 Å². The molecule has 0 spiro atoms. The summed E-state index contributed by atoms with van der Waals surface area (Å²) in [5.41, 5.74) is -1.87. The smallest absolute Gasteiger partial charge is 0.119 e. The number of benzene rings is 2. The van der Waals surface area contributed by atoms with E-state index in [-0.39, 0.29) is 0 Å². The lowest BCUT2D eigenvalue weighted by atomic mass is 9.76. The third kappa shape index (κ3) is 2.80. The van der Waals surface area contributed by atoms with Gasteiger partial charge in [0.2, 0.25) is 0 Å². The van der Waals surface area contributed by atoms with Gasteiger partial charge in [-0.15, -0.1) is 0 Å². The molecule has 0 saturated carbocycles. The fourth-order valence-electron chi connectivity index (χ4n) is 2.41. The van der Waals surface area contributed by atoms with Gasteiger partial charge >= 0.3 is 0 Å². The van der Waals surface area contributed by atoms with Crippen molar-refractivity contribution in [1.29, 1.82) is 0 Å². The van der Waals surface area contributed by atoms with Crippen LogP contribution in [0.15, 0.2) is 48.5 Å². The predicted molar refractivity (Wildman–Crippen MR) is 85.1 cm³/mol. The molecule has 0 aromatic heterocycles. The highest BCUT2D eigenvalue weighted by atomic mass is 16.5. The van der Waals surface area contributed by atoms with Crippen molar-refractivity contribution >= 4 is 0 Å². The van der Waals surface area contributed by atoms with Gasteiger partial charge in [0.1, 0.15) is 22.7 Å². The summed E-state index contributed by atoms with van der Waals surface area (Å²) in [6.45, 7) is 3.17. The van der Waals surface area contributed by atoms with E-state index in [0.717, 1.165) is 0 Å². The van der Waals surface area contributed by atoms with Crippen molar-refractivity contribution in [3.63, 3.8) is 0 Å². The quantitative estimate of drug-likeness (QED) is 0.891. The van der Waals surface area contributed by atoms with Gasteiger partial charge in [0.25, 0.3) is 0 Å². The summed E-state index contributed by atoms with van der Waals surface area (Å²) in [6, 6.07) is 14.1. The maximum atomic E-state index is 11.0. The SMILES string of the molecule is COc1cccc([C@](C)(O)[C@@](C)(O)c2cccc(OC)c2)c1. The monoisotopic (exact) mass is 302 g/mol. The summed E-state index contributed by atoms with van der Waals surface area (Å²) in [5.74, 6) is 1.25. The summed E-state index contributed by atoms with van der Waals surface area (Å²) in [6.07, 6.45) is 0. The second-order valence-electron chi connectivity index (χ2n) is 5.61. The largest absolute Gasteiger partial charge is 0.497 e. The number of hydrogen-bond donors (Lipinski definition) is 2. The van der Waals surface area contributed by atoms with E-state index >= 15 is 0 Å². The molecule has 22 heavy (non-hydrogen) atoms. The minimum Gasteiger partial charge on any atom is -0.497 e. The number of rotatable bonds is 5. The Bertz CT molecular complexity index is 590. The lowest BCUT2D eigenvalue weighted by molar-refractivity contribution is -0.143. The molecule has 2 aromatic carbocycles. The zero-order chi connectivity index (χ0) is 16.4. The molecule has 0 aliphatic rings. The van der Waals surface area contributed by atoms with Crippen LogP contribution in [0.3, 0.4) is 0 Å². The number of aliphatic hydroxyl groups is 2. The van der Waals surface area contributed by atoms with Gasteiger partial charge in [0, 0.05) is 0 Å². The second-order valence-corrected chi connectivity index (χ2v) is 5.61. The van der Waals surface area contributed by atoms with Crippen molar-refractivity contribution in [2.75, 3.05) is 14.2 Å². The van der Waals surface area contributed by atoms with Crippen LogP contribution < -0.4 is 9.47 Å². The fourth-order valence-corrected chi connectivity index (χ4v) is 2.41. The van der Waals surface area contributed by atoms with Crippen molar-refractivity contribution in [2.24, 2.45) is 0 Å². The van der Waals surface area contributed by atoms with Gasteiger partial charge in [-0.05, 0) is 49.2 Å². The Balaban J connectivity index is 2.48. The van der Waals surface area contributed by atoms with Gasteiger partial charge in [-0.2, -0.15) is 0 Å². The van der Waals surface area contributed by atoms with Crippen molar-refractivity contribution in [1.82, 2.24) is 0 Å². The highest BCUT2D eigenvalue weighted by Gasteiger charge is 2.44. The molecule has 118 valence electrons. The van der Waals surface area contributed by atoms with Crippen LogP contribution in [0.25, 0.3) is 0 Å². The molecule has 0 saturated heterocycles. The van der Waals surface area contributed by atoms with Crippen LogP contribution in [0, 0.1) is 0 Å². The van der Waals surface area contributed by atoms with Gasteiger partial charge in [-0.3, -0.25) is 0 Å². The van der Waals surface area contributed by atoms with E-state index in [4.69, 9.17) is 9.47 Å². The van der Waals surface area contributed by atoms with Gasteiger partial charge in [0.05, 0.1) is 14.2 Å². The van der Waals surface area contributed by atoms with E-state index in [1.165, 1.54) is 0 Å². The van der Waals surface area contributed by atoms with Crippen molar-refractivity contribution in [2.45, 2.75) is 25.0 Å². The number of ether oxygens (including phenoxy) is 2. The standard InChI is InChI=1S/C18H22O4/c1-17(19,13-7-5-9-15(11-13)21-3)18(2,20)14-8-6-10-16(12-14)22-4/h5-12,19-20H,1-4H3/t17-,18-/m0/s1. The van der Waals surface area contributed by atoms with Crippen LogP contribution in [0.5, 0.6) is 11.5 Å². The molecule has 0 aliphatic carbocycles. The Hall–Kier alpha value is -2.04. The van der Waals surface area contributed by atoms with Gasteiger partial charge in [-0.1, -0.05) is 24.3 Å². The first-order valence-electron chi connectivity index (χ1n) is 7.06. The second kappa shape index (κ2) is 5.99. The zero-order valence-electron chi connectivity index (χ0n) is 13.3. The summed E-state index contributed by atoms with van der Waals surface area (Å²) < 4.78 is 10.4. The Morgan fingerprint density at radius 1 is 0.727 bits per heavy atom. The maximum Gasteiger partial charge on any atom is 0.119 e. The Morgan fingerprint density at radius 2 is 1.09 bits per heavy atom. The average molecular weight is 302 g/mol. The molecule has 0 radical (unpaired) electrons. The normalized spacial score (nSPS) is 16.5. The third-order valence-corrected chi connectivity index (χ3v) is 4.21. The van der Waals surface area contributed by atoms with E-state index in [2.05, 4.69) is 0 Å². The van der Waals surface area contributed by atoms with Crippen LogP contribution in [0.2, 0.25) is 0 Å². The average Bonchev–Trinajstić information content (AvgIpc) is 2.54. The van der Waals surface area contributed by atoms with Crippen molar-refractivity contribution in [3.05, 3.63) is 59.7 Å².